The van der Waals surface area contributed by atoms with E-state index in [1.165, 1.54) is 41.7 Å². The van der Waals surface area contributed by atoms with Gasteiger partial charge in [-0.15, -0.1) is 0 Å². The number of piperazine rings is 1. The van der Waals surface area contributed by atoms with Gasteiger partial charge in [0.05, 0.1) is 4.90 Å². The SMILES string of the molecule is CNC(=O)c1ccc(S(=O)(=O)N2CCN(Cc3ccc(F)c(F)c3)CC2)cc1. The first-order valence-electron chi connectivity index (χ1n) is 8.80. The normalized spacial score (nSPS) is 16.1. The van der Waals surface area contributed by atoms with Crippen molar-refractivity contribution < 1.29 is 22.0 Å². The third-order valence-electron chi connectivity index (χ3n) is 4.70. The van der Waals surface area contributed by atoms with Gasteiger partial charge in [-0.25, -0.2) is 17.2 Å². The second kappa shape index (κ2) is 8.34. The summed E-state index contributed by atoms with van der Waals surface area (Å²) >= 11 is 0. The first-order chi connectivity index (χ1) is 13.3. The van der Waals surface area contributed by atoms with Gasteiger partial charge in [-0.05, 0) is 42.0 Å². The molecule has 1 aliphatic rings. The molecular weight excluding hydrogens is 388 g/mol. The third-order valence-corrected chi connectivity index (χ3v) is 6.62. The number of hydrogen-bond acceptors (Lipinski definition) is 4. The minimum atomic E-state index is -3.65. The first-order valence-corrected chi connectivity index (χ1v) is 10.2. The van der Waals surface area contributed by atoms with Gasteiger partial charge < -0.3 is 5.32 Å². The van der Waals surface area contributed by atoms with Crippen LogP contribution in [0.25, 0.3) is 0 Å². The lowest BCUT2D eigenvalue weighted by Gasteiger charge is -2.34. The summed E-state index contributed by atoms with van der Waals surface area (Å²) in [6, 6.07) is 9.58. The summed E-state index contributed by atoms with van der Waals surface area (Å²) in [6.07, 6.45) is 0. The Labute approximate surface area is 162 Å². The summed E-state index contributed by atoms with van der Waals surface area (Å²) in [4.78, 5) is 13.7. The van der Waals surface area contributed by atoms with Crippen LogP contribution in [-0.2, 0) is 16.6 Å². The Morgan fingerprint density at radius 2 is 1.64 bits per heavy atom. The number of hydrogen-bond donors (Lipinski definition) is 1. The minimum Gasteiger partial charge on any atom is -0.355 e. The summed E-state index contributed by atoms with van der Waals surface area (Å²) < 4.78 is 53.4. The molecular formula is C19H21F2N3O3S. The van der Waals surface area contributed by atoms with Gasteiger partial charge in [-0.2, -0.15) is 4.31 Å². The van der Waals surface area contributed by atoms with Crippen molar-refractivity contribution in [3.63, 3.8) is 0 Å². The highest BCUT2D eigenvalue weighted by molar-refractivity contribution is 7.89. The maximum Gasteiger partial charge on any atom is 0.251 e. The molecule has 0 saturated carbocycles. The van der Waals surface area contributed by atoms with Crippen molar-refractivity contribution in [3.05, 3.63) is 65.2 Å². The van der Waals surface area contributed by atoms with Gasteiger partial charge in [0.25, 0.3) is 5.91 Å². The summed E-state index contributed by atoms with van der Waals surface area (Å²) in [5.74, 6) is -2.06. The van der Waals surface area contributed by atoms with Crippen LogP contribution in [0.4, 0.5) is 8.78 Å². The fourth-order valence-corrected chi connectivity index (χ4v) is 4.52. The van der Waals surface area contributed by atoms with E-state index in [2.05, 4.69) is 5.32 Å². The Kier molecular flexibility index (Phi) is 6.07. The maximum absolute atomic E-state index is 13.3. The molecule has 150 valence electrons. The Balaban J connectivity index is 1.63. The molecule has 9 heteroatoms. The van der Waals surface area contributed by atoms with Gasteiger partial charge >= 0.3 is 0 Å². The molecule has 0 unspecified atom stereocenters. The van der Waals surface area contributed by atoms with Crippen LogP contribution in [0.15, 0.2) is 47.4 Å². The lowest BCUT2D eigenvalue weighted by Crippen LogP contribution is -2.48. The van der Waals surface area contributed by atoms with Crippen LogP contribution in [0, 0.1) is 11.6 Å². The molecule has 1 aliphatic heterocycles. The second-order valence-electron chi connectivity index (χ2n) is 6.53. The monoisotopic (exact) mass is 409 g/mol. The highest BCUT2D eigenvalue weighted by atomic mass is 32.2. The Morgan fingerprint density at radius 3 is 2.21 bits per heavy atom. The van der Waals surface area contributed by atoms with Crippen molar-refractivity contribution in [3.8, 4) is 0 Å². The Bertz CT molecular complexity index is 957. The number of benzene rings is 2. The van der Waals surface area contributed by atoms with Crippen molar-refractivity contribution in [2.75, 3.05) is 33.2 Å². The number of nitrogens with zero attached hydrogens (tertiary/aromatic N) is 2. The van der Waals surface area contributed by atoms with Gasteiger partial charge in [-0.1, -0.05) is 6.07 Å². The molecule has 0 radical (unpaired) electrons. The summed E-state index contributed by atoms with van der Waals surface area (Å²) in [5.41, 5.74) is 1.03. The van der Waals surface area contributed by atoms with E-state index < -0.39 is 21.7 Å². The quantitative estimate of drug-likeness (QED) is 0.818. The molecule has 0 aliphatic carbocycles. The predicted octanol–water partition coefficient (Wildman–Crippen LogP) is 1.83. The molecule has 0 atom stereocenters. The van der Waals surface area contributed by atoms with E-state index in [1.54, 1.807) is 0 Å². The Hall–Kier alpha value is -2.36. The number of halogens is 2. The fourth-order valence-electron chi connectivity index (χ4n) is 3.10. The van der Waals surface area contributed by atoms with Crippen LogP contribution >= 0.6 is 0 Å². The zero-order chi connectivity index (χ0) is 20.3. The zero-order valence-corrected chi connectivity index (χ0v) is 16.2. The second-order valence-corrected chi connectivity index (χ2v) is 8.47. The van der Waals surface area contributed by atoms with E-state index in [-0.39, 0.29) is 10.8 Å². The molecule has 1 fully saturated rings. The number of rotatable bonds is 5. The molecule has 2 aromatic carbocycles. The third kappa shape index (κ3) is 4.37. The van der Waals surface area contributed by atoms with E-state index >= 15 is 0 Å². The molecule has 1 amide bonds. The topological polar surface area (TPSA) is 69.7 Å². The summed E-state index contributed by atoms with van der Waals surface area (Å²) in [7, 11) is -2.15. The summed E-state index contributed by atoms with van der Waals surface area (Å²) in [6.45, 7) is 1.97. The van der Waals surface area contributed by atoms with E-state index in [0.717, 1.165) is 12.1 Å². The van der Waals surface area contributed by atoms with Crippen LogP contribution in [0.2, 0.25) is 0 Å². The molecule has 1 N–H and O–H groups in total. The fraction of sp³-hybridized carbons (Fsp3) is 0.316. The number of carbonyl (C=O) groups excluding carboxylic acids is 1. The van der Waals surface area contributed by atoms with Crippen molar-refractivity contribution in [1.82, 2.24) is 14.5 Å². The Morgan fingerprint density at radius 1 is 1.00 bits per heavy atom. The molecule has 1 heterocycles. The van der Waals surface area contributed by atoms with Gasteiger partial charge in [0, 0.05) is 45.3 Å². The van der Waals surface area contributed by atoms with E-state index in [9.17, 15) is 22.0 Å². The number of nitrogens with one attached hydrogen (secondary N) is 1. The highest BCUT2D eigenvalue weighted by Crippen LogP contribution is 2.19. The van der Waals surface area contributed by atoms with Crippen LogP contribution < -0.4 is 5.32 Å². The minimum absolute atomic E-state index is 0.134. The summed E-state index contributed by atoms with van der Waals surface area (Å²) in [5, 5.41) is 2.49. The molecule has 0 spiro atoms. The van der Waals surface area contributed by atoms with Crippen molar-refractivity contribution in [2.45, 2.75) is 11.4 Å². The molecule has 3 rings (SSSR count). The zero-order valence-electron chi connectivity index (χ0n) is 15.4. The van der Waals surface area contributed by atoms with Gasteiger partial charge in [0.2, 0.25) is 10.0 Å². The predicted molar refractivity (Wildman–Crippen MR) is 100 cm³/mol. The standard InChI is InChI=1S/C19H21F2N3O3S/c1-22-19(25)15-3-5-16(6-4-15)28(26,27)24-10-8-23(9-11-24)13-14-2-7-17(20)18(21)12-14/h2-7,12H,8-11,13H2,1H3,(H,22,25). The molecule has 6 nitrogen and oxygen atoms in total. The van der Waals surface area contributed by atoms with E-state index in [1.807, 2.05) is 4.90 Å². The molecule has 2 aromatic rings. The van der Waals surface area contributed by atoms with Crippen molar-refractivity contribution in [2.24, 2.45) is 0 Å². The molecule has 0 aromatic heterocycles. The number of sulfonamides is 1. The van der Waals surface area contributed by atoms with Crippen LogP contribution in [0.1, 0.15) is 15.9 Å². The molecule has 0 bridgehead atoms. The average molecular weight is 409 g/mol. The first kappa shape index (κ1) is 20.4. The van der Waals surface area contributed by atoms with Crippen molar-refractivity contribution >= 4 is 15.9 Å². The number of carbonyl (C=O) groups is 1. The van der Waals surface area contributed by atoms with Crippen molar-refractivity contribution in [1.29, 1.82) is 0 Å². The lowest BCUT2D eigenvalue weighted by atomic mass is 10.2. The molecule has 28 heavy (non-hydrogen) atoms. The van der Waals surface area contributed by atoms with Crippen LogP contribution in [0.3, 0.4) is 0 Å². The average Bonchev–Trinajstić information content (AvgIpc) is 2.70. The smallest absolute Gasteiger partial charge is 0.251 e. The number of amides is 1. The maximum atomic E-state index is 13.3. The van der Waals surface area contributed by atoms with Gasteiger partial charge in [0.15, 0.2) is 11.6 Å². The molecule has 1 saturated heterocycles. The largest absolute Gasteiger partial charge is 0.355 e. The van der Waals surface area contributed by atoms with E-state index in [4.69, 9.17) is 0 Å². The van der Waals surface area contributed by atoms with Gasteiger partial charge in [0.1, 0.15) is 0 Å². The lowest BCUT2D eigenvalue weighted by molar-refractivity contribution is 0.0963. The van der Waals surface area contributed by atoms with Gasteiger partial charge in [-0.3, -0.25) is 9.69 Å². The highest BCUT2D eigenvalue weighted by Gasteiger charge is 2.28. The van der Waals surface area contributed by atoms with E-state index in [0.29, 0.717) is 43.9 Å². The van der Waals surface area contributed by atoms with Crippen LogP contribution in [-0.4, -0.2) is 56.8 Å². The van der Waals surface area contributed by atoms with Crippen LogP contribution in [0.5, 0.6) is 0 Å².